The molecule has 0 spiro atoms. The molecule has 3 fully saturated rings. The highest BCUT2D eigenvalue weighted by molar-refractivity contribution is 5.45. The first-order valence-electron chi connectivity index (χ1n) is 8.36. The Morgan fingerprint density at radius 1 is 1.29 bits per heavy atom. The lowest BCUT2D eigenvalue weighted by Gasteiger charge is -2.45. The van der Waals surface area contributed by atoms with E-state index in [2.05, 4.69) is 42.3 Å². The van der Waals surface area contributed by atoms with Gasteiger partial charge in [0.2, 0.25) is 0 Å². The second kappa shape index (κ2) is 4.99. The van der Waals surface area contributed by atoms with Crippen LogP contribution in [0.1, 0.15) is 37.8 Å². The van der Waals surface area contributed by atoms with E-state index in [0.29, 0.717) is 6.04 Å². The molecule has 3 saturated heterocycles. The van der Waals surface area contributed by atoms with Gasteiger partial charge in [0.25, 0.3) is 0 Å². The van der Waals surface area contributed by atoms with E-state index in [-0.39, 0.29) is 5.60 Å². The third-order valence-electron chi connectivity index (χ3n) is 5.38. The SMILES string of the molecule is CC1(C)Cc2cccc(CNC3CN4CCC3CC4)c2O1. The number of benzene rings is 1. The van der Waals surface area contributed by atoms with Gasteiger partial charge in [-0.2, -0.15) is 0 Å². The number of para-hydroxylation sites is 1. The van der Waals surface area contributed by atoms with Crippen LogP contribution in [0, 0.1) is 5.92 Å². The first-order valence-corrected chi connectivity index (χ1v) is 8.36. The lowest BCUT2D eigenvalue weighted by molar-refractivity contribution is 0.0716. The number of ether oxygens (including phenoxy) is 1. The Morgan fingerprint density at radius 3 is 2.81 bits per heavy atom. The second-order valence-corrected chi connectivity index (χ2v) is 7.57. The van der Waals surface area contributed by atoms with Gasteiger partial charge in [-0.05, 0) is 51.3 Å². The van der Waals surface area contributed by atoms with E-state index in [0.717, 1.165) is 24.6 Å². The zero-order valence-corrected chi connectivity index (χ0v) is 13.2. The number of rotatable bonds is 3. The maximum Gasteiger partial charge on any atom is 0.127 e. The largest absolute Gasteiger partial charge is 0.487 e. The Morgan fingerprint density at radius 2 is 2.10 bits per heavy atom. The number of nitrogens with zero attached hydrogens (tertiary/aromatic N) is 1. The van der Waals surface area contributed by atoms with Gasteiger partial charge in [-0.3, -0.25) is 0 Å². The number of fused-ring (bicyclic) bond motifs is 4. The van der Waals surface area contributed by atoms with Crippen LogP contribution in [-0.2, 0) is 13.0 Å². The summed E-state index contributed by atoms with van der Waals surface area (Å²) in [4.78, 5) is 2.60. The van der Waals surface area contributed by atoms with Crippen molar-refractivity contribution in [3.05, 3.63) is 29.3 Å². The predicted octanol–water partition coefficient (Wildman–Crippen LogP) is 2.58. The standard InChI is InChI=1S/C18H26N2O/c1-18(2)10-14-4-3-5-15(17(14)21-18)11-19-16-12-20-8-6-13(16)7-9-20/h3-5,13,16,19H,6-12H2,1-2H3. The molecule has 1 aromatic rings. The minimum Gasteiger partial charge on any atom is -0.487 e. The number of hydrogen-bond acceptors (Lipinski definition) is 3. The van der Waals surface area contributed by atoms with Gasteiger partial charge < -0.3 is 15.0 Å². The summed E-state index contributed by atoms with van der Waals surface area (Å²) in [5, 5.41) is 3.80. The molecule has 0 aromatic heterocycles. The quantitative estimate of drug-likeness (QED) is 0.924. The third-order valence-corrected chi connectivity index (χ3v) is 5.38. The molecule has 3 nitrogen and oxygen atoms in total. The molecule has 0 aliphatic carbocycles. The van der Waals surface area contributed by atoms with Crippen molar-refractivity contribution in [2.75, 3.05) is 19.6 Å². The van der Waals surface area contributed by atoms with Crippen molar-refractivity contribution < 1.29 is 4.74 Å². The maximum absolute atomic E-state index is 6.18. The molecule has 3 heteroatoms. The van der Waals surface area contributed by atoms with Crippen molar-refractivity contribution in [3.63, 3.8) is 0 Å². The molecule has 1 atom stereocenters. The Labute approximate surface area is 127 Å². The smallest absolute Gasteiger partial charge is 0.127 e. The lowest BCUT2D eigenvalue weighted by atomic mass is 9.84. The third kappa shape index (κ3) is 2.58. The van der Waals surface area contributed by atoms with Crippen molar-refractivity contribution >= 4 is 0 Å². The molecule has 114 valence electrons. The van der Waals surface area contributed by atoms with E-state index in [4.69, 9.17) is 4.74 Å². The predicted molar refractivity (Wildman–Crippen MR) is 84.6 cm³/mol. The van der Waals surface area contributed by atoms with Gasteiger partial charge in [0.15, 0.2) is 0 Å². The molecule has 1 N–H and O–H groups in total. The monoisotopic (exact) mass is 286 g/mol. The van der Waals surface area contributed by atoms with Crippen molar-refractivity contribution in [2.45, 2.75) is 51.3 Å². The normalized spacial score (nSPS) is 32.8. The summed E-state index contributed by atoms with van der Waals surface area (Å²) in [6.07, 6.45) is 3.76. The zero-order valence-electron chi connectivity index (χ0n) is 13.2. The van der Waals surface area contributed by atoms with Crippen LogP contribution in [0.15, 0.2) is 18.2 Å². The highest BCUT2D eigenvalue weighted by Gasteiger charge is 2.35. The Bertz CT molecular complexity index is 532. The zero-order chi connectivity index (χ0) is 14.4. The molecular formula is C18H26N2O. The molecule has 2 bridgehead atoms. The van der Waals surface area contributed by atoms with Gasteiger partial charge in [0, 0.05) is 31.1 Å². The summed E-state index contributed by atoms with van der Waals surface area (Å²) in [6, 6.07) is 7.27. The average Bonchev–Trinajstić information content (AvgIpc) is 2.80. The van der Waals surface area contributed by atoms with E-state index < -0.39 is 0 Å². The molecule has 4 heterocycles. The number of piperidine rings is 3. The van der Waals surface area contributed by atoms with Gasteiger partial charge in [-0.15, -0.1) is 0 Å². The summed E-state index contributed by atoms with van der Waals surface area (Å²) in [5.41, 5.74) is 2.65. The molecular weight excluding hydrogens is 260 g/mol. The van der Waals surface area contributed by atoms with Crippen LogP contribution >= 0.6 is 0 Å². The fourth-order valence-electron chi connectivity index (χ4n) is 4.26. The first kappa shape index (κ1) is 13.6. The van der Waals surface area contributed by atoms with Crippen LogP contribution in [0.3, 0.4) is 0 Å². The molecule has 1 unspecified atom stereocenters. The summed E-state index contributed by atoms with van der Waals surface area (Å²) < 4.78 is 6.18. The van der Waals surface area contributed by atoms with Gasteiger partial charge in [0.05, 0.1) is 0 Å². The molecule has 0 saturated carbocycles. The molecule has 0 radical (unpaired) electrons. The number of hydrogen-bond donors (Lipinski definition) is 1. The summed E-state index contributed by atoms with van der Waals surface area (Å²) in [5.74, 6) is 2.01. The minimum atomic E-state index is -0.0476. The van der Waals surface area contributed by atoms with Crippen molar-refractivity contribution in [3.8, 4) is 5.75 Å². The van der Waals surface area contributed by atoms with E-state index >= 15 is 0 Å². The Hall–Kier alpha value is -1.06. The van der Waals surface area contributed by atoms with Crippen LogP contribution in [-0.4, -0.2) is 36.2 Å². The van der Waals surface area contributed by atoms with Crippen LogP contribution in [0.2, 0.25) is 0 Å². The lowest BCUT2D eigenvalue weighted by Crippen LogP contribution is -2.55. The van der Waals surface area contributed by atoms with Crippen LogP contribution < -0.4 is 10.1 Å². The molecule has 4 aliphatic heterocycles. The average molecular weight is 286 g/mol. The van der Waals surface area contributed by atoms with E-state index in [1.165, 1.54) is 43.6 Å². The van der Waals surface area contributed by atoms with E-state index in [1.54, 1.807) is 0 Å². The van der Waals surface area contributed by atoms with Crippen LogP contribution in [0.4, 0.5) is 0 Å². The van der Waals surface area contributed by atoms with Gasteiger partial charge in [-0.25, -0.2) is 0 Å². The second-order valence-electron chi connectivity index (χ2n) is 7.57. The minimum absolute atomic E-state index is 0.0476. The van der Waals surface area contributed by atoms with Crippen molar-refractivity contribution in [1.82, 2.24) is 10.2 Å². The highest BCUT2D eigenvalue weighted by atomic mass is 16.5. The topological polar surface area (TPSA) is 24.5 Å². The first-order chi connectivity index (χ1) is 10.1. The Balaban J connectivity index is 1.46. The molecule has 5 rings (SSSR count). The number of nitrogens with one attached hydrogen (secondary N) is 1. The van der Waals surface area contributed by atoms with Gasteiger partial charge in [-0.1, -0.05) is 18.2 Å². The van der Waals surface area contributed by atoms with E-state index in [1.807, 2.05) is 0 Å². The summed E-state index contributed by atoms with van der Waals surface area (Å²) in [7, 11) is 0. The summed E-state index contributed by atoms with van der Waals surface area (Å²) in [6.45, 7) is 9.14. The van der Waals surface area contributed by atoms with Crippen LogP contribution in [0.25, 0.3) is 0 Å². The molecule has 0 amide bonds. The molecule has 1 aromatic carbocycles. The van der Waals surface area contributed by atoms with Gasteiger partial charge >= 0.3 is 0 Å². The Kier molecular flexibility index (Phi) is 3.23. The molecule has 4 aliphatic rings. The van der Waals surface area contributed by atoms with Crippen molar-refractivity contribution in [1.29, 1.82) is 0 Å². The summed E-state index contributed by atoms with van der Waals surface area (Å²) >= 11 is 0. The fraction of sp³-hybridized carbons (Fsp3) is 0.667. The van der Waals surface area contributed by atoms with Gasteiger partial charge in [0.1, 0.15) is 11.4 Å². The van der Waals surface area contributed by atoms with Crippen LogP contribution in [0.5, 0.6) is 5.75 Å². The highest BCUT2D eigenvalue weighted by Crippen LogP contribution is 2.37. The maximum atomic E-state index is 6.18. The van der Waals surface area contributed by atoms with Crippen molar-refractivity contribution in [2.24, 2.45) is 5.92 Å². The fourth-order valence-corrected chi connectivity index (χ4v) is 4.26. The van der Waals surface area contributed by atoms with E-state index in [9.17, 15) is 0 Å². The molecule has 21 heavy (non-hydrogen) atoms.